The standard InChI is InChI=1S/C16H19ClN2O4S/c1-10-16(11(2)23-18-10)14-5-4-8-19(14)24(20,21)12-6-7-15(22-3)13(17)9-12/h6-7,9,14H,4-5,8H2,1-3H3/t14-/m0/s1. The van der Waals surface area contributed by atoms with Gasteiger partial charge in [0.15, 0.2) is 0 Å². The Kier molecular flexibility index (Phi) is 4.59. The molecule has 130 valence electrons. The van der Waals surface area contributed by atoms with Crippen molar-refractivity contribution in [3.05, 3.63) is 40.2 Å². The fourth-order valence-corrected chi connectivity index (χ4v) is 5.24. The van der Waals surface area contributed by atoms with Crippen molar-refractivity contribution in [3.8, 4) is 5.75 Å². The van der Waals surface area contributed by atoms with Crippen molar-refractivity contribution in [3.63, 3.8) is 0 Å². The maximum atomic E-state index is 13.1. The van der Waals surface area contributed by atoms with Crippen molar-refractivity contribution in [2.45, 2.75) is 37.6 Å². The maximum absolute atomic E-state index is 13.1. The molecule has 1 aromatic heterocycles. The Morgan fingerprint density at radius 1 is 1.38 bits per heavy atom. The summed E-state index contributed by atoms with van der Waals surface area (Å²) in [5.41, 5.74) is 1.59. The normalized spacial score (nSPS) is 18.9. The number of benzene rings is 1. The monoisotopic (exact) mass is 370 g/mol. The lowest BCUT2D eigenvalue weighted by atomic mass is 10.0. The minimum atomic E-state index is -3.67. The largest absolute Gasteiger partial charge is 0.495 e. The molecule has 1 aliphatic heterocycles. The second-order valence-electron chi connectivity index (χ2n) is 5.81. The molecule has 1 aromatic carbocycles. The van der Waals surface area contributed by atoms with Crippen molar-refractivity contribution in [2.75, 3.05) is 13.7 Å². The van der Waals surface area contributed by atoms with E-state index in [0.29, 0.717) is 18.1 Å². The SMILES string of the molecule is COc1ccc(S(=O)(=O)N2CCC[C@H]2c2c(C)noc2C)cc1Cl. The van der Waals surface area contributed by atoms with Crippen LogP contribution in [-0.4, -0.2) is 31.5 Å². The predicted molar refractivity (Wildman–Crippen MR) is 89.8 cm³/mol. The second kappa shape index (κ2) is 6.38. The van der Waals surface area contributed by atoms with Gasteiger partial charge >= 0.3 is 0 Å². The molecule has 1 saturated heterocycles. The van der Waals surface area contributed by atoms with Gasteiger partial charge in [-0.05, 0) is 44.9 Å². The summed E-state index contributed by atoms with van der Waals surface area (Å²) < 4.78 is 38.0. The van der Waals surface area contributed by atoms with E-state index in [9.17, 15) is 8.42 Å². The molecule has 1 aliphatic rings. The zero-order chi connectivity index (χ0) is 17.5. The molecule has 2 heterocycles. The first-order chi connectivity index (χ1) is 11.4. The number of aromatic nitrogens is 1. The Balaban J connectivity index is 2.01. The van der Waals surface area contributed by atoms with Gasteiger partial charge in [-0.2, -0.15) is 4.31 Å². The first kappa shape index (κ1) is 17.3. The molecular formula is C16H19ClN2O4S. The summed E-state index contributed by atoms with van der Waals surface area (Å²) in [6, 6.07) is 4.25. The van der Waals surface area contributed by atoms with Crippen molar-refractivity contribution >= 4 is 21.6 Å². The van der Waals surface area contributed by atoms with Gasteiger partial charge in [-0.25, -0.2) is 8.42 Å². The number of hydrogen-bond donors (Lipinski definition) is 0. The molecule has 0 saturated carbocycles. The summed E-state index contributed by atoms with van der Waals surface area (Å²) in [6.07, 6.45) is 1.53. The molecule has 0 unspecified atom stereocenters. The highest BCUT2D eigenvalue weighted by molar-refractivity contribution is 7.89. The molecule has 8 heteroatoms. The van der Waals surface area contributed by atoms with Crippen LogP contribution in [0.3, 0.4) is 0 Å². The van der Waals surface area contributed by atoms with E-state index in [2.05, 4.69) is 5.16 Å². The number of halogens is 1. The van der Waals surface area contributed by atoms with Crippen LogP contribution in [0.2, 0.25) is 5.02 Å². The van der Waals surface area contributed by atoms with E-state index in [-0.39, 0.29) is 16.0 Å². The highest BCUT2D eigenvalue weighted by atomic mass is 35.5. The third kappa shape index (κ3) is 2.81. The van der Waals surface area contributed by atoms with Crippen LogP contribution < -0.4 is 4.74 Å². The van der Waals surface area contributed by atoms with E-state index in [1.165, 1.54) is 23.5 Å². The predicted octanol–water partition coefficient (Wildman–Crippen LogP) is 3.48. The van der Waals surface area contributed by atoms with Gasteiger partial charge in [0, 0.05) is 12.1 Å². The molecule has 0 amide bonds. The number of hydrogen-bond acceptors (Lipinski definition) is 5. The molecule has 3 rings (SSSR count). The molecule has 1 atom stereocenters. The third-order valence-corrected chi connectivity index (χ3v) is 6.55. The highest BCUT2D eigenvalue weighted by Gasteiger charge is 2.39. The van der Waals surface area contributed by atoms with E-state index < -0.39 is 10.0 Å². The van der Waals surface area contributed by atoms with Gasteiger partial charge in [-0.3, -0.25) is 0 Å². The number of aryl methyl sites for hydroxylation is 2. The number of methoxy groups -OCH3 is 1. The molecule has 0 aliphatic carbocycles. The number of ether oxygens (including phenoxy) is 1. The molecule has 6 nitrogen and oxygen atoms in total. The fourth-order valence-electron chi connectivity index (χ4n) is 3.23. The topological polar surface area (TPSA) is 72.6 Å². The van der Waals surface area contributed by atoms with Crippen molar-refractivity contribution in [1.82, 2.24) is 9.46 Å². The maximum Gasteiger partial charge on any atom is 0.243 e. The molecular weight excluding hydrogens is 352 g/mol. The van der Waals surface area contributed by atoms with Gasteiger partial charge in [0.2, 0.25) is 10.0 Å². The van der Waals surface area contributed by atoms with Crippen LogP contribution in [0, 0.1) is 13.8 Å². The molecule has 0 spiro atoms. The van der Waals surface area contributed by atoms with Crippen LogP contribution in [0.1, 0.15) is 35.9 Å². The zero-order valence-corrected chi connectivity index (χ0v) is 15.3. The van der Waals surface area contributed by atoms with Crippen LogP contribution in [0.4, 0.5) is 0 Å². The summed E-state index contributed by atoms with van der Waals surface area (Å²) in [5.74, 6) is 1.10. The minimum Gasteiger partial charge on any atom is -0.495 e. The molecule has 0 N–H and O–H groups in total. The van der Waals surface area contributed by atoms with E-state index in [0.717, 1.165) is 24.1 Å². The van der Waals surface area contributed by atoms with Crippen LogP contribution in [0.25, 0.3) is 0 Å². The first-order valence-corrected chi connectivity index (χ1v) is 9.46. The van der Waals surface area contributed by atoms with Crippen LogP contribution in [-0.2, 0) is 10.0 Å². The quantitative estimate of drug-likeness (QED) is 0.823. The van der Waals surface area contributed by atoms with Crippen molar-refractivity contribution in [2.24, 2.45) is 0 Å². The zero-order valence-electron chi connectivity index (χ0n) is 13.7. The van der Waals surface area contributed by atoms with Crippen LogP contribution in [0.15, 0.2) is 27.6 Å². The van der Waals surface area contributed by atoms with Crippen LogP contribution >= 0.6 is 11.6 Å². The van der Waals surface area contributed by atoms with Crippen molar-refractivity contribution in [1.29, 1.82) is 0 Å². The Bertz CT molecular complexity index is 843. The Morgan fingerprint density at radius 2 is 2.12 bits per heavy atom. The van der Waals surface area contributed by atoms with Crippen LogP contribution in [0.5, 0.6) is 5.75 Å². The summed E-state index contributed by atoms with van der Waals surface area (Å²) in [6.45, 7) is 4.10. The van der Waals surface area contributed by atoms with Gasteiger partial charge in [0.05, 0.1) is 28.8 Å². The highest BCUT2D eigenvalue weighted by Crippen LogP contribution is 2.40. The smallest absolute Gasteiger partial charge is 0.243 e. The van der Waals surface area contributed by atoms with E-state index in [4.69, 9.17) is 20.9 Å². The van der Waals surface area contributed by atoms with E-state index in [1.807, 2.05) is 13.8 Å². The average Bonchev–Trinajstić information content (AvgIpc) is 3.14. The lowest BCUT2D eigenvalue weighted by Crippen LogP contribution is -2.31. The summed E-state index contributed by atoms with van der Waals surface area (Å²) in [4.78, 5) is 0.159. The molecule has 24 heavy (non-hydrogen) atoms. The number of nitrogens with zero attached hydrogens (tertiary/aromatic N) is 2. The Hall–Kier alpha value is -1.57. The van der Waals surface area contributed by atoms with E-state index in [1.54, 1.807) is 6.07 Å². The number of sulfonamides is 1. The average molecular weight is 371 g/mol. The Labute approximate surface area is 146 Å². The van der Waals surface area contributed by atoms with Gasteiger partial charge in [-0.15, -0.1) is 0 Å². The minimum absolute atomic E-state index is 0.159. The molecule has 2 aromatic rings. The summed E-state index contributed by atoms with van der Waals surface area (Å²) in [5, 5.41) is 4.22. The first-order valence-electron chi connectivity index (χ1n) is 7.64. The second-order valence-corrected chi connectivity index (χ2v) is 8.11. The summed E-state index contributed by atoms with van der Waals surface area (Å²) >= 11 is 6.10. The molecule has 0 radical (unpaired) electrons. The molecule has 0 bridgehead atoms. The third-order valence-electron chi connectivity index (χ3n) is 4.36. The van der Waals surface area contributed by atoms with Gasteiger partial charge in [0.25, 0.3) is 0 Å². The number of rotatable bonds is 4. The van der Waals surface area contributed by atoms with Gasteiger partial charge < -0.3 is 9.26 Å². The summed E-state index contributed by atoms with van der Waals surface area (Å²) in [7, 11) is -2.18. The lowest BCUT2D eigenvalue weighted by Gasteiger charge is -2.24. The fraction of sp³-hybridized carbons (Fsp3) is 0.438. The molecule has 1 fully saturated rings. The lowest BCUT2D eigenvalue weighted by molar-refractivity contribution is 0.376. The van der Waals surface area contributed by atoms with E-state index >= 15 is 0 Å². The van der Waals surface area contributed by atoms with Gasteiger partial charge in [0.1, 0.15) is 11.5 Å². The Morgan fingerprint density at radius 3 is 2.71 bits per heavy atom. The van der Waals surface area contributed by atoms with Gasteiger partial charge in [-0.1, -0.05) is 16.8 Å². The van der Waals surface area contributed by atoms with Crippen molar-refractivity contribution < 1.29 is 17.7 Å².